The molecule has 1 aromatic carbocycles. The second-order valence-electron chi connectivity index (χ2n) is 4.96. The third kappa shape index (κ3) is 4.54. The van der Waals surface area contributed by atoms with Crippen molar-refractivity contribution in [2.75, 3.05) is 7.11 Å². The molecule has 120 valence electrons. The number of hydrogen-bond donors (Lipinski definition) is 1. The molecular weight excluding hydrogens is 294 g/mol. The molecule has 0 saturated heterocycles. The highest BCUT2D eigenvalue weighted by atomic mass is 16.5. The van der Waals surface area contributed by atoms with Crippen molar-refractivity contribution < 1.29 is 14.3 Å². The van der Waals surface area contributed by atoms with E-state index in [1.54, 1.807) is 31.5 Å². The molecule has 1 aromatic heterocycles. The van der Waals surface area contributed by atoms with E-state index in [0.717, 1.165) is 0 Å². The fourth-order valence-corrected chi connectivity index (χ4v) is 1.87. The number of hydrogen-bond acceptors (Lipinski definition) is 5. The van der Waals surface area contributed by atoms with E-state index in [9.17, 15) is 4.79 Å². The Balaban J connectivity index is 2.14. The number of methoxy groups -OCH3 is 1. The maximum absolute atomic E-state index is 11.9. The number of rotatable bonds is 6. The molecule has 0 atom stereocenters. The van der Waals surface area contributed by atoms with Crippen molar-refractivity contribution in [2.24, 2.45) is 5.10 Å². The Labute approximate surface area is 135 Å². The molecule has 0 spiro atoms. The van der Waals surface area contributed by atoms with Gasteiger partial charge in [0.25, 0.3) is 5.91 Å². The number of nitrogens with one attached hydrogen (secondary N) is 1. The molecule has 2 aromatic rings. The predicted molar refractivity (Wildman–Crippen MR) is 88.1 cm³/mol. The van der Waals surface area contributed by atoms with E-state index in [1.165, 1.54) is 6.21 Å². The Bertz CT molecular complexity index is 685. The first kappa shape index (κ1) is 16.5. The maximum Gasteiger partial charge on any atom is 0.289 e. The van der Waals surface area contributed by atoms with Crippen molar-refractivity contribution in [3.63, 3.8) is 0 Å². The summed E-state index contributed by atoms with van der Waals surface area (Å²) in [5.41, 5.74) is 3.44. The number of amides is 1. The van der Waals surface area contributed by atoms with Crippen LogP contribution in [0.1, 0.15) is 29.9 Å². The topological polar surface area (TPSA) is 72.8 Å². The largest absolute Gasteiger partial charge is 0.493 e. The molecule has 0 saturated carbocycles. The number of benzene rings is 1. The summed E-state index contributed by atoms with van der Waals surface area (Å²) in [5, 5.41) is 3.96. The lowest BCUT2D eigenvalue weighted by atomic mass is 10.2. The molecule has 0 radical (unpaired) electrons. The fraction of sp³-hybridized carbons (Fsp3) is 0.235. The Morgan fingerprint density at radius 3 is 2.74 bits per heavy atom. The summed E-state index contributed by atoms with van der Waals surface area (Å²) in [6.45, 7) is 3.85. The Morgan fingerprint density at radius 2 is 2.09 bits per heavy atom. The molecule has 1 heterocycles. The number of para-hydroxylation sites is 1. The van der Waals surface area contributed by atoms with Crippen LogP contribution in [0.3, 0.4) is 0 Å². The van der Waals surface area contributed by atoms with Gasteiger partial charge in [-0.3, -0.25) is 9.78 Å². The van der Waals surface area contributed by atoms with Gasteiger partial charge in [0.1, 0.15) is 5.69 Å². The Morgan fingerprint density at radius 1 is 1.26 bits per heavy atom. The first-order valence-corrected chi connectivity index (χ1v) is 7.20. The molecule has 0 bridgehead atoms. The van der Waals surface area contributed by atoms with Crippen LogP contribution < -0.4 is 14.9 Å². The van der Waals surface area contributed by atoms with Crippen molar-refractivity contribution in [1.82, 2.24) is 10.4 Å². The van der Waals surface area contributed by atoms with Gasteiger partial charge in [-0.2, -0.15) is 5.10 Å². The average Bonchev–Trinajstić information content (AvgIpc) is 2.56. The van der Waals surface area contributed by atoms with Crippen LogP contribution in [0, 0.1) is 0 Å². The third-order valence-corrected chi connectivity index (χ3v) is 2.85. The highest BCUT2D eigenvalue weighted by molar-refractivity contribution is 5.93. The number of hydrazone groups is 1. The minimum atomic E-state index is -0.379. The highest BCUT2D eigenvalue weighted by Gasteiger charge is 2.11. The Hall–Kier alpha value is -2.89. The molecule has 1 amide bonds. The molecular formula is C17H19N3O3. The number of carbonyl (C=O) groups excluding carboxylic acids is 1. The molecule has 0 aliphatic rings. The van der Waals surface area contributed by atoms with E-state index >= 15 is 0 Å². The number of pyridine rings is 1. The molecule has 6 nitrogen and oxygen atoms in total. The standard InChI is InChI=1S/C17H19N3O3/c1-12(2)23-16-13(7-6-9-15(16)22-3)11-19-20-17(21)14-8-4-5-10-18-14/h4-12H,1-3H3,(H,20,21)/b19-11-. The monoisotopic (exact) mass is 313 g/mol. The van der Waals surface area contributed by atoms with Crippen LogP contribution >= 0.6 is 0 Å². The molecule has 6 heteroatoms. The maximum atomic E-state index is 11.9. The number of aromatic nitrogens is 1. The van der Waals surface area contributed by atoms with Crippen LogP contribution in [0.15, 0.2) is 47.7 Å². The average molecular weight is 313 g/mol. The van der Waals surface area contributed by atoms with Gasteiger partial charge in [-0.25, -0.2) is 5.43 Å². The van der Waals surface area contributed by atoms with Gasteiger partial charge in [-0.1, -0.05) is 12.1 Å². The number of carbonyl (C=O) groups is 1. The first-order chi connectivity index (χ1) is 11.1. The minimum Gasteiger partial charge on any atom is -0.493 e. The van der Waals surface area contributed by atoms with E-state index in [4.69, 9.17) is 9.47 Å². The van der Waals surface area contributed by atoms with E-state index in [2.05, 4.69) is 15.5 Å². The van der Waals surface area contributed by atoms with E-state index in [-0.39, 0.29) is 12.0 Å². The van der Waals surface area contributed by atoms with Gasteiger partial charge >= 0.3 is 0 Å². The smallest absolute Gasteiger partial charge is 0.289 e. The zero-order chi connectivity index (χ0) is 16.7. The SMILES string of the molecule is COc1cccc(/C=N\NC(=O)c2ccccn2)c1OC(C)C. The highest BCUT2D eigenvalue weighted by Crippen LogP contribution is 2.30. The predicted octanol–water partition coefficient (Wildman–Crippen LogP) is 2.64. The summed E-state index contributed by atoms with van der Waals surface area (Å²) in [7, 11) is 1.58. The quantitative estimate of drug-likeness (QED) is 0.657. The van der Waals surface area contributed by atoms with Crippen LogP contribution in [0.5, 0.6) is 11.5 Å². The molecule has 23 heavy (non-hydrogen) atoms. The molecule has 0 aliphatic heterocycles. The summed E-state index contributed by atoms with van der Waals surface area (Å²) in [5.74, 6) is 0.815. The van der Waals surface area contributed by atoms with Crippen molar-refractivity contribution >= 4 is 12.1 Å². The van der Waals surface area contributed by atoms with E-state index in [1.807, 2.05) is 32.0 Å². The number of nitrogens with zero attached hydrogens (tertiary/aromatic N) is 2. The summed E-state index contributed by atoms with van der Waals surface area (Å²) >= 11 is 0. The van der Waals surface area contributed by atoms with E-state index < -0.39 is 0 Å². The molecule has 2 rings (SSSR count). The van der Waals surface area contributed by atoms with Gasteiger partial charge in [0.2, 0.25) is 0 Å². The normalized spacial score (nSPS) is 10.8. The van der Waals surface area contributed by atoms with Gasteiger partial charge < -0.3 is 9.47 Å². The van der Waals surface area contributed by atoms with Crippen LogP contribution in [-0.4, -0.2) is 30.3 Å². The van der Waals surface area contributed by atoms with Crippen molar-refractivity contribution in [3.8, 4) is 11.5 Å². The molecule has 0 fully saturated rings. The van der Waals surface area contributed by atoms with Crippen LogP contribution in [0.2, 0.25) is 0 Å². The summed E-state index contributed by atoms with van der Waals surface area (Å²) in [6.07, 6.45) is 3.05. The molecule has 0 aliphatic carbocycles. The van der Waals surface area contributed by atoms with E-state index in [0.29, 0.717) is 22.8 Å². The van der Waals surface area contributed by atoms with Crippen molar-refractivity contribution in [1.29, 1.82) is 0 Å². The van der Waals surface area contributed by atoms with Crippen LogP contribution in [0.4, 0.5) is 0 Å². The lowest BCUT2D eigenvalue weighted by molar-refractivity contribution is 0.0950. The van der Waals surface area contributed by atoms with Gasteiger partial charge in [-0.15, -0.1) is 0 Å². The second-order valence-corrected chi connectivity index (χ2v) is 4.96. The lowest BCUT2D eigenvalue weighted by Gasteiger charge is -2.15. The van der Waals surface area contributed by atoms with Crippen molar-refractivity contribution in [2.45, 2.75) is 20.0 Å². The van der Waals surface area contributed by atoms with Gasteiger partial charge in [0.05, 0.1) is 19.4 Å². The van der Waals surface area contributed by atoms with Gasteiger partial charge in [0.15, 0.2) is 11.5 Å². The Kier molecular flexibility index (Phi) is 5.68. The first-order valence-electron chi connectivity index (χ1n) is 7.20. The molecule has 1 N–H and O–H groups in total. The zero-order valence-electron chi connectivity index (χ0n) is 13.3. The third-order valence-electron chi connectivity index (χ3n) is 2.85. The van der Waals surface area contributed by atoms with Crippen molar-refractivity contribution in [3.05, 3.63) is 53.9 Å². The lowest BCUT2D eigenvalue weighted by Crippen LogP contribution is -2.18. The molecule has 0 unspecified atom stereocenters. The number of ether oxygens (including phenoxy) is 2. The zero-order valence-corrected chi connectivity index (χ0v) is 13.3. The van der Waals surface area contributed by atoms with Gasteiger partial charge in [0, 0.05) is 11.8 Å². The minimum absolute atomic E-state index is 0.0124. The van der Waals surface area contributed by atoms with Crippen LogP contribution in [0.25, 0.3) is 0 Å². The van der Waals surface area contributed by atoms with Gasteiger partial charge in [-0.05, 0) is 38.1 Å². The second kappa shape index (κ2) is 7.93. The fourth-order valence-electron chi connectivity index (χ4n) is 1.87. The summed E-state index contributed by atoms with van der Waals surface area (Å²) in [6, 6.07) is 10.6. The summed E-state index contributed by atoms with van der Waals surface area (Å²) < 4.78 is 11.1. The summed E-state index contributed by atoms with van der Waals surface area (Å²) in [4.78, 5) is 15.8. The van der Waals surface area contributed by atoms with Crippen LogP contribution in [-0.2, 0) is 0 Å².